The first-order valence-corrected chi connectivity index (χ1v) is 13.0. The van der Waals surface area contributed by atoms with E-state index in [4.69, 9.17) is 33.2 Å². The number of hydrogen-bond acceptors (Lipinski definition) is 5. The van der Waals surface area contributed by atoms with Crippen molar-refractivity contribution in [3.05, 3.63) is 65.2 Å². The van der Waals surface area contributed by atoms with Gasteiger partial charge in [0.1, 0.15) is 5.65 Å². The molecule has 0 amide bonds. The van der Waals surface area contributed by atoms with Crippen LogP contribution in [0.1, 0.15) is 39.5 Å². The van der Waals surface area contributed by atoms with Crippen molar-refractivity contribution >= 4 is 34.8 Å². The van der Waals surface area contributed by atoms with Crippen molar-refractivity contribution in [1.29, 1.82) is 0 Å². The zero-order valence-electron chi connectivity index (χ0n) is 20.1. The van der Waals surface area contributed by atoms with E-state index in [1.165, 1.54) is 12.8 Å². The molecule has 0 saturated carbocycles. The van der Waals surface area contributed by atoms with E-state index in [0.29, 0.717) is 22.1 Å². The van der Waals surface area contributed by atoms with E-state index < -0.39 is 0 Å². The van der Waals surface area contributed by atoms with Gasteiger partial charge in [0, 0.05) is 55.5 Å². The second kappa shape index (κ2) is 10.5. The maximum Gasteiger partial charge on any atom is 0.211 e. The molecule has 3 aromatic heterocycles. The number of fused-ring (bicyclic) bond motifs is 1. The molecule has 4 aromatic rings. The fourth-order valence-corrected chi connectivity index (χ4v) is 5.22. The van der Waals surface area contributed by atoms with Crippen LogP contribution in [0.4, 0.5) is 5.95 Å². The molecule has 6 nitrogen and oxygen atoms in total. The largest absolute Gasteiger partial charge is 0.342 e. The lowest BCUT2D eigenvalue weighted by Crippen LogP contribution is -2.40. The maximum absolute atomic E-state index is 6.42. The highest BCUT2D eigenvalue weighted by Gasteiger charge is 2.24. The molecule has 182 valence electrons. The Morgan fingerprint density at radius 3 is 2.54 bits per heavy atom. The van der Waals surface area contributed by atoms with Gasteiger partial charge in [-0.2, -0.15) is 0 Å². The molecule has 0 spiro atoms. The average molecular weight is 509 g/mol. The predicted molar refractivity (Wildman–Crippen MR) is 144 cm³/mol. The van der Waals surface area contributed by atoms with Gasteiger partial charge in [-0.1, -0.05) is 49.5 Å². The lowest BCUT2D eigenvalue weighted by molar-refractivity contribution is 0.388. The van der Waals surface area contributed by atoms with Gasteiger partial charge >= 0.3 is 0 Å². The molecule has 4 heterocycles. The first-order chi connectivity index (χ1) is 17.0. The van der Waals surface area contributed by atoms with Gasteiger partial charge in [0.25, 0.3) is 0 Å². The summed E-state index contributed by atoms with van der Waals surface area (Å²) in [7, 11) is 0. The Morgan fingerprint density at radius 2 is 1.77 bits per heavy atom. The third kappa shape index (κ3) is 5.15. The van der Waals surface area contributed by atoms with Crippen molar-refractivity contribution < 1.29 is 0 Å². The van der Waals surface area contributed by atoms with Crippen LogP contribution >= 0.6 is 23.2 Å². The number of benzene rings is 1. The summed E-state index contributed by atoms with van der Waals surface area (Å²) in [5.41, 5.74) is 4.54. The van der Waals surface area contributed by atoms with Crippen LogP contribution in [0.2, 0.25) is 10.0 Å². The molecular weight excluding hydrogens is 479 g/mol. The minimum absolute atomic E-state index is 0.482. The SMILES string of the molecule is CC(C)NC1CCCCN(c2nc(-c3ccncc3)c(-c3ccc(Cl)c(Cl)c3)c3nccn23)CC1. The molecule has 5 rings (SSSR count). The highest BCUT2D eigenvalue weighted by Crippen LogP contribution is 2.38. The number of rotatable bonds is 5. The third-order valence-electron chi connectivity index (χ3n) is 6.52. The molecular formula is C27H30Cl2N6. The van der Waals surface area contributed by atoms with Gasteiger partial charge in [-0.15, -0.1) is 0 Å². The molecule has 1 saturated heterocycles. The van der Waals surface area contributed by atoms with Crippen molar-refractivity contribution in [2.24, 2.45) is 0 Å². The lowest BCUT2D eigenvalue weighted by atomic mass is 10.0. The molecule has 1 N–H and O–H groups in total. The zero-order chi connectivity index (χ0) is 24.4. The topological polar surface area (TPSA) is 58.3 Å². The van der Waals surface area contributed by atoms with E-state index in [-0.39, 0.29) is 0 Å². The molecule has 8 heteroatoms. The molecule has 1 aliphatic heterocycles. The van der Waals surface area contributed by atoms with Crippen molar-refractivity contribution in [3.63, 3.8) is 0 Å². The minimum Gasteiger partial charge on any atom is -0.342 e. The number of imidazole rings is 1. The van der Waals surface area contributed by atoms with Crippen molar-refractivity contribution in [1.82, 2.24) is 24.7 Å². The number of nitrogens with zero attached hydrogens (tertiary/aromatic N) is 5. The Balaban J connectivity index is 1.65. The second-order valence-electron chi connectivity index (χ2n) is 9.41. The van der Waals surface area contributed by atoms with E-state index in [1.807, 2.05) is 42.7 Å². The summed E-state index contributed by atoms with van der Waals surface area (Å²) in [5.74, 6) is 0.915. The molecule has 0 radical (unpaired) electrons. The molecule has 0 bridgehead atoms. The average Bonchev–Trinajstić information content (AvgIpc) is 3.32. The normalized spacial score (nSPS) is 17.1. The van der Waals surface area contributed by atoms with Crippen molar-refractivity contribution in [3.8, 4) is 22.4 Å². The van der Waals surface area contributed by atoms with E-state index in [1.54, 1.807) is 12.4 Å². The zero-order valence-corrected chi connectivity index (χ0v) is 21.6. The monoisotopic (exact) mass is 508 g/mol. The number of anilines is 1. The van der Waals surface area contributed by atoms with Gasteiger partial charge in [-0.25, -0.2) is 9.97 Å². The van der Waals surface area contributed by atoms with Gasteiger partial charge in [-0.05, 0) is 49.1 Å². The van der Waals surface area contributed by atoms with E-state index in [9.17, 15) is 0 Å². The van der Waals surface area contributed by atoms with Gasteiger partial charge < -0.3 is 10.2 Å². The summed E-state index contributed by atoms with van der Waals surface area (Å²) in [4.78, 5) is 16.7. The molecule has 1 fully saturated rings. The van der Waals surface area contributed by atoms with E-state index >= 15 is 0 Å². The molecule has 1 atom stereocenters. The molecule has 0 aliphatic carbocycles. The van der Waals surface area contributed by atoms with Gasteiger partial charge in [0.2, 0.25) is 5.95 Å². The summed E-state index contributed by atoms with van der Waals surface area (Å²) < 4.78 is 2.11. The van der Waals surface area contributed by atoms with Gasteiger partial charge in [0.15, 0.2) is 0 Å². The Morgan fingerprint density at radius 1 is 0.943 bits per heavy atom. The van der Waals surface area contributed by atoms with Crippen LogP contribution in [0.3, 0.4) is 0 Å². The number of nitrogens with one attached hydrogen (secondary N) is 1. The Kier molecular flexibility index (Phi) is 7.23. The highest BCUT2D eigenvalue weighted by molar-refractivity contribution is 6.42. The highest BCUT2D eigenvalue weighted by atomic mass is 35.5. The quantitative estimate of drug-likeness (QED) is 0.332. The summed E-state index contributed by atoms with van der Waals surface area (Å²) >= 11 is 12.7. The van der Waals surface area contributed by atoms with Crippen LogP contribution in [0.15, 0.2) is 55.1 Å². The van der Waals surface area contributed by atoms with E-state index in [0.717, 1.165) is 59.9 Å². The van der Waals surface area contributed by atoms with Crippen LogP contribution in [0.5, 0.6) is 0 Å². The summed E-state index contributed by atoms with van der Waals surface area (Å²) in [6, 6.07) is 10.7. The smallest absolute Gasteiger partial charge is 0.211 e. The molecule has 1 aliphatic rings. The lowest BCUT2D eigenvalue weighted by Gasteiger charge is -2.31. The second-order valence-corrected chi connectivity index (χ2v) is 10.2. The van der Waals surface area contributed by atoms with E-state index in [2.05, 4.69) is 33.4 Å². The molecule has 1 unspecified atom stereocenters. The van der Waals surface area contributed by atoms with Crippen LogP contribution in [0.25, 0.3) is 28.0 Å². The summed E-state index contributed by atoms with van der Waals surface area (Å²) in [5, 5.41) is 4.76. The van der Waals surface area contributed by atoms with Crippen LogP contribution in [0, 0.1) is 0 Å². The number of halogens is 2. The predicted octanol–water partition coefficient (Wildman–Crippen LogP) is 6.51. The first kappa shape index (κ1) is 24.0. The third-order valence-corrected chi connectivity index (χ3v) is 7.26. The number of aromatic nitrogens is 4. The standard InChI is InChI=1S/C27H30Cl2N6/c1-18(2)32-21-5-3-4-14-34(15-10-21)27-33-25(19-8-11-30-12-9-19)24(26-31-13-16-35(26)27)20-6-7-22(28)23(29)17-20/h6-9,11-13,16-18,21,32H,3-5,10,14-15H2,1-2H3. The minimum atomic E-state index is 0.482. The van der Waals surface area contributed by atoms with Crippen molar-refractivity contribution in [2.45, 2.75) is 51.6 Å². The fourth-order valence-electron chi connectivity index (χ4n) is 4.92. The van der Waals surface area contributed by atoms with Gasteiger partial charge in [-0.3, -0.25) is 9.38 Å². The van der Waals surface area contributed by atoms with Crippen LogP contribution in [-0.2, 0) is 0 Å². The van der Waals surface area contributed by atoms with Crippen LogP contribution in [-0.4, -0.2) is 44.5 Å². The van der Waals surface area contributed by atoms with Crippen LogP contribution < -0.4 is 10.2 Å². The Hall–Kier alpha value is -2.67. The van der Waals surface area contributed by atoms with Crippen molar-refractivity contribution in [2.75, 3.05) is 18.0 Å². The Bertz CT molecular complexity index is 1300. The summed E-state index contributed by atoms with van der Waals surface area (Å²) in [6.07, 6.45) is 12.1. The molecule has 35 heavy (non-hydrogen) atoms. The first-order valence-electron chi connectivity index (χ1n) is 12.2. The number of pyridine rings is 1. The number of hydrogen-bond donors (Lipinski definition) is 1. The van der Waals surface area contributed by atoms with Gasteiger partial charge in [0.05, 0.1) is 21.3 Å². The fraction of sp³-hybridized carbons (Fsp3) is 0.370. The summed E-state index contributed by atoms with van der Waals surface area (Å²) in [6.45, 7) is 6.34. The molecule has 1 aromatic carbocycles. The maximum atomic E-state index is 6.42. The Labute approximate surface area is 216 Å².